The van der Waals surface area contributed by atoms with Crippen molar-refractivity contribution in [2.45, 2.75) is 25.9 Å². The fourth-order valence-electron chi connectivity index (χ4n) is 2.54. The predicted octanol–water partition coefficient (Wildman–Crippen LogP) is 1.73. The van der Waals surface area contributed by atoms with Crippen LogP contribution in [0.5, 0.6) is 0 Å². The number of nitrogens with zero attached hydrogens (tertiary/aromatic N) is 2. The fourth-order valence-corrected chi connectivity index (χ4v) is 2.54. The van der Waals surface area contributed by atoms with Crippen LogP contribution in [-0.4, -0.2) is 23.6 Å². The van der Waals surface area contributed by atoms with Crippen LogP contribution in [0.2, 0.25) is 0 Å². The van der Waals surface area contributed by atoms with Crippen molar-refractivity contribution in [2.75, 3.05) is 4.90 Å². The molecule has 2 aliphatic rings. The maximum Gasteiger partial charge on any atom is 0.278 e. The number of para-hydroxylation sites is 1. The number of amides is 2. The molecule has 5 heteroatoms. The first-order valence-electron chi connectivity index (χ1n) is 6.39. The van der Waals surface area contributed by atoms with Crippen LogP contribution in [0.1, 0.15) is 19.8 Å². The Kier molecular flexibility index (Phi) is 2.81. The van der Waals surface area contributed by atoms with Crippen LogP contribution in [0.4, 0.5) is 5.69 Å². The van der Waals surface area contributed by atoms with E-state index in [1.807, 2.05) is 13.0 Å². The highest BCUT2D eigenvalue weighted by atomic mass is 16.6. The number of hydrogen-bond donors (Lipinski definition) is 0. The van der Waals surface area contributed by atoms with E-state index in [9.17, 15) is 9.59 Å². The average Bonchev–Trinajstić information content (AvgIpc) is 2.93. The normalized spacial score (nSPS) is 25.3. The lowest BCUT2D eigenvalue weighted by molar-refractivity contribution is -0.126. The van der Waals surface area contributed by atoms with Gasteiger partial charge in [-0.05, 0) is 18.6 Å². The predicted molar refractivity (Wildman–Crippen MR) is 69.6 cm³/mol. The molecule has 98 valence electrons. The molecule has 5 nitrogen and oxygen atoms in total. The molecule has 1 fully saturated rings. The van der Waals surface area contributed by atoms with Crippen LogP contribution in [0.3, 0.4) is 0 Å². The first-order chi connectivity index (χ1) is 9.24. The van der Waals surface area contributed by atoms with E-state index in [4.69, 9.17) is 4.84 Å². The highest BCUT2D eigenvalue weighted by molar-refractivity contribution is 6.30. The summed E-state index contributed by atoms with van der Waals surface area (Å²) in [5.41, 5.74) is 1.27. The molecule has 1 saturated heterocycles. The minimum absolute atomic E-state index is 0.231. The summed E-state index contributed by atoms with van der Waals surface area (Å²) >= 11 is 0. The molecule has 19 heavy (non-hydrogen) atoms. The lowest BCUT2D eigenvalue weighted by Crippen LogP contribution is -2.33. The van der Waals surface area contributed by atoms with Crippen molar-refractivity contribution in [3.63, 3.8) is 0 Å². The summed E-state index contributed by atoms with van der Waals surface area (Å²) in [6.45, 7) is 2.01. The van der Waals surface area contributed by atoms with Gasteiger partial charge < -0.3 is 4.84 Å². The summed E-state index contributed by atoms with van der Waals surface area (Å²) in [5, 5.41) is 3.89. The maximum absolute atomic E-state index is 12.4. The maximum atomic E-state index is 12.4. The second-order valence-corrected chi connectivity index (χ2v) is 4.68. The van der Waals surface area contributed by atoms with Crippen molar-refractivity contribution in [2.24, 2.45) is 11.1 Å². The van der Waals surface area contributed by atoms with Gasteiger partial charge in [-0.1, -0.05) is 36.7 Å². The largest absolute Gasteiger partial charge is 0.381 e. The van der Waals surface area contributed by atoms with Gasteiger partial charge in [0.15, 0.2) is 0 Å². The molecule has 0 saturated carbocycles. The summed E-state index contributed by atoms with van der Waals surface area (Å²) in [5.74, 6) is -1.09. The van der Waals surface area contributed by atoms with Gasteiger partial charge in [-0.25, -0.2) is 4.90 Å². The number of imide groups is 1. The molecule has 0 spiro atoms. The minimum atomic E-state index is -0.769. The Balaban J connectivity index is 1.93. The van der Waals surface area contributed by atoms with E-state index in [-0.39, 0.29) is 11.8 Å². The Morgan fingerprint density at radius 1 is 1.21 bits per heavy atom. The van der Waals surface area contributed by atoms with E-state index in [1.54, 1.807) is 24.3 Å². The molecule has 2 heterocycles. The van der Waals surface area contributed by atoms with Crippen LogP contribution in [-0.2, 0) is 14.4 Å². The lowest BCUT2D eigenvalue weighted by atomic mass is 9.97. The third-order valence-corrected chi connectivity index (χ3v) is 3.42. The molecule has 2 atom stereocenters. The van der Waals surface area contributed by atoms with Gasteiger partial charge in [0, 0.05) is 0 Å². The van der Waals surface area contributed by atoms with Crippen molar-refractivity contribution >= 4 is 23.2 Å². The van der Waals surface area contributed by atoms with E-state index in [1.165, 1.54) is 4.90 Å². The lowest BCUT2D eigenvalue weighted by Gasteiger charge is -2.14. The Hall–Kier alpha value is -2.17. The summed E-state index contributed by atoms with van der Waals surface area (Å²) < 4.78 is 0. The molecular formula is C14H14N2O3. The third kappa shape index (κ3) is 1.73. The summed E-state index contributed by atoms with van der Waals surface area (Å²) in [6, 6.07) is 8.93. The quantitative estimate of drug-likeness (QED) is 0.776. The smallest absolute Gasteiger partial charge is 0.278 e. The number of carbonyl (C=O) groups is 2. The highest BCUT2D eigenvalue weighted by Gasteiger charge is 2.55. The number of carbonyl (C=O) groups excluding carboxylic acids is 2. The zero-order valence-corrected chi connectivity index (χ0v) is 10.6. The molecule has 0 radical (unpaired) electrons. The topological polar surface area (TPSA) is 59.0 Å². The highest BCUT2D eigenvalue weighted by Crippen LogP contribution is 2.34. The van der Waals surface area contributed by atoms with Crippen LogP contribution < -0.4 is 4.90 Å². The zero-order valence-electron chi connectivity index (χ0n) is 10.6. The Labute approximate surface area is 110 Å². The van der Waals surface area contributed by atoms with Gasteiger partial charge in [0.2, 0.25) is 12.0 Å². The number of anilines is 1. The van der Waals surface area contributed by atoms with Crippen LogP contribution in [0, 0.1) is 5.92 Å². The van der Waals surface area contributed by atoms with Crippen LogP contribution in [0.15, 0.2) is 35.5 Å². The fraction of sp³-hybridized carbons (Fsp3) is 0.357. The van der Waals surface area contributed by atoms with Gasteiger partial charge in [0.25, 0.3) is 5.91 Å². The van der Waals surface area contributed by atoms with Gasteiger partial charge in [-0.3, -0.25) is 9.59 Å². The Morgan fingerprint density at radius 2 is 1.95 bits per heavy atom. The molecule has 2 aliphatic heterocycles. The molecule has 2 amide bonds. The standard InChI is InChI=1S/C14H14N2O3/c1-2-6-10-11-12(19-15-10)14(18)16(13(11)17)9-7-4-3-5-8-9/h3-5,7-8,11-12H,2,6H2,1H3. The summed E-state index contributed by atoms with van der Waals surface area (Å²) in [4.78, 5) is 31.0. The number of benzene rings is 1. The molecule has 3 rings (SSSR count). The Bertz CT molecular complexity index is 553. The van der Waals surface area contributed by atoms with Crippen LogP contribution in [0.25, 0.3) is 0 Å². The van der Waals surface area contributed by atoms with Crippen molar-refractivity contribution < 1.29 is 14.4 Å². The number of oxime groups is 1. The molecule has 0 N–H and O–H groups in total. The van der Waals surface area contributed by atoms with E-state index < -0.39 is 12.0 Å². The van der Waals surface area contributed by atoms with Crippen molar-refractivity contribution in [1.29, 1.82) is 0 Å². The van der Waals surface area contributed by atoms with Gasteiger partial charge >= 0.3 is 0 Å². The third-order valence-electron chi connectivity index (χ3n) is 3.42. The first-order valence-corrected chi connectivity index (χ1v) is 6.39. The second-order valence-electron chi connectivity index (χ2n) is 4.68. The Morgan fingerprint density at radius 3 is 2.63 bits per heavy atom. The van der Waals surface area contributed by atoms with E-state index in [0.29, 0.717) is 17.8 Å². The molecule has 0 aliphatic carbocycles. The monoisotopic (exact) mass is 258 g/mol. The average molecular weight is 258 g/mol. The summed E-state index contributed by atoms with van der Waals surface area (Å²) in [7, 11) is 0. The first kappa shape index (κ1) is 11.9. The van der Waals surface area contributed by atoms with E-state index in [0.717, 1.165) is 6.42 Å². The molecule has 1 aromatic rings. The van der Waals surface area contributed by atoms with Gasteiger partial charge in [0.1, 0.15) is 5.92 Å². The van der Waals surface area contributed by atoms with Crippen molar-refractivity contribution in [3.05, 3.63) is 30.3 Å². The van der Waals surface area contributed by atoms with Gasteiger partial charge in [-0.2, -0.15) is 0 Å². The van der Waals surface area contributed by atoms with Gasteiger partial charge in [-0.15, -0.1) is 0 Å². The van der Waals surface area contributed by atoms with Gasteiger partial charge in [0.05, 0.1) is 11.4 Å². The van der Waals surface area contributed by atoms with E-state index in [2.05, 4.69) is 5.16 Å². The van der Waals surface area contributed by atoms with Crippen LogP contribution >= 0.6 is 0 Å². The minimum Gasteiger partial charge on any atom is -0.381 e. The van der Waals surface area contributed by atoms with E-state index >= 15 is 0 Å². The molecule has 2 unspecified atom stereocenters. The molecule has 0 bridgehead atoms. The summed E-state index contributed by atoms with van der Waals surface area (Å²) in [6.07, 6.45) is 0.787. The van der Waals surface area contributed by atoms with Crippen molar-refractivity contribution in [3.8, 4) is 0 Å². The molecule has 1 aromatic carbocycles. The molecular weight excluding hydrogens is 244 g/mol. The SMILES string of the molecule is CCCC1=NOC2C(=O)N(c3ccccc3)C(=O)C12. The number of fused-ring (bicyclic) bond motifs is 1. The van der Waals surface area contributed by atoms with Crippen molar-refractivity contribution in [1.82, 2.24) is 0 Å². The number of rotatable bonds is 3. The second kappa shape index (κ2) is 4.50. The zero-order chi connectivity index (χ0) is 13.4. The number of hydrogen-bond acceptors (Lipinski definition) is 4. The molecule has 0 aromatic heterocycles.